The topological polar surface area (TPSA) is 76.2 Å². The maximum Gasteiger partial charge on any atom is 0.417 e. The Morgan fingerprint density at radius 3 is 2.91 bits per heavy atom. The molecule has 0 saturated carbocycles. The van der Waals surface area contributed by atoms with Gasteiger partial charge < -0.3 is 4.42 Å². The Morgan fingerprint density at radius 1 is 1.27 bits per heavy atom. The maximum atomic E-state index is 11.2. The molecule has 0 amide bonds. The Balaban J connectivity index is 1.95. The van der Waals surface area contributed by atoms with Crippen molar-refractivity contribution in [2.24, 2.45) is 0 Å². The number of imidazole rings is 1. The van der Waals surface area contributed by atoms with E-state index in [0.717, 1.165) is 27.1 Å². The molecule has 0 aliphatic heterocycles. The third-order valence-electron chi connectivity index (χ3n) is 3.67. The number of nitrogens with one attached hydrogen (secondary N) is 1. The van der Waals surface area contributed by atoms with E-state index in [-0.39, 0.29) is 0 Å². The second-order valence-electron chi connectivity index (χ2n) is 5.12. The zero-order chi connectivity index (χ0) is 15.4. The molecule has 0 saturated heterocycles. The lowest BCUT2D eigenvalue weighted by Crippen LogP contribution is -1.97. The van der Waals surface area contributed by atoms with Crippen LogP contribution in [0.3, 0.4) is 0 Å². The molecule has 0 unspecified atom stereocenters. The lowest BCUT2D eigenvalue weighted by atomic mass is 10.1. The van der Waals surface area contributed by atoms with Crippen molar-refractivity contribution in [2.45, 2.75) is 13.8 Å². The molecule has 1 aromatic carbocycles. The van der Waals surface area contributed by atoms with Crippen molar-refractivity contribution in [1.29, 1.82) is 0 Å². The summed E-state index contributed by atoms with van der Waals surface area (Å²) in [6.45, 7) is 3.94. The van der Waals surface area contributed by atoms with Crippen LogP contribution < -0.4 is 5.76 Å². The van der Waals surface area contributed by atoms with Crippen molar-refractivity contribution in [3.05, 3.63) is 50.8 Å². The number of H-pyrrole nitrogens is 1. The van der Waals surface area contributed by atoms with Gasteiger partial charge in [-0.2, -0.15) is 0 Å². The van der Waals surface area contributed by atoms with Gasteiger partial charge in [-0.15, -0.1) is 0 Å². The summed E-state index contributed by atoms with van der Waals surface area (Å²) in [6.07, 6.45) is 1.92. The number of aryl methyl sites for hydroxylation is 2. The van der Waals surface area contributed by atoms with E-state index in [4.69, 9.17) is 4.42 Å². The number of oxazole rings is 1. The lowest BCUT2D eigenvalue weighted by Gasteiger charge is -2.04. The summed E-state index contributed by atoms with van der Waals surface area (Å²) in [5, 5.41) is 0. The fourth-order valence-electron chi connectivity index (χ4n) is 2.51. The van der Waals surface area contributed by atoms with Gasteiger partial charge in [-0.3, -0.25) is 9.38 Å². The number of rotatable bonds is 1. The largest absolute Gasteiger partial charge is 0.417 e. The molecular weight excluding hydrogens is 348 g/mol. The van der Waals surface area contributed by atoms with Crippen LogP contribution in [0.1, 0.15) is 11.4 Å². The molecule has 3 aromatic heterocycles. The summed E-state index contributed by atoms with van der Waals surface area (Å²) < 4.78 is 8.00. The normalized spacial score (nSPS) is 11.6. The van der Waals surface area contributed by atoms with Crippen LogP contribution in [0.25, 0.3) is 28.1 Å². The fourth-order valence-corrected chi connectivity index (χ4v) is 2.79. The number of nitrogens with zero attached hydrogens (tertiary/aromatic N) is 3. The third-order valence-corrected chi connectivity index (χ3v) is 4.82. The number of halogens is 1. The number of hydrogen-bond donors (Lipinski definition) is 1. The Kier molecular flexibility index (Phi) is 2.74. The predicted molar refractivity (Wildman–Crippen MR) is 86.0 cm³/mol. The quantitative estimate of drug-likeness (QED) is 0.566. The minimum atomic E-state index is -0.459. The Hall–Kier alpha value is -2.41. The van der Waals surface area contributed by atoms with Gasteiger partial charge in [0.2, 0.25) is 5.78 Å². The third kappa shape index (κ3) is 1.89. The molecule has 6 nitrogen and oxygen atoms in total. The van der Waals surface area contributed by atoms with Gasteiger partial charge in [-0.05, 0) is 41.9 Å². The zero-order valence-electron chi connectivity index (χ0n) is 11.8. The number of fused-ring (bicyclic) bond motifs is 2. The second kappa shape index (κ2) is 4.54. The molecular formula is C15H11BrN4O2. The van der Waals surface area contributed by atoms with Gasteiger partial charge in [-0.1, -0.05) is 6.07 Å². The monoisotopic (exact) mass is 358 g/mol. The van der Waals surface area contributed by atoms with Crippen LogP contribution in [0.2, 0.25) is 0 Å². The molecule has 0 aliphatic rings. The summed E-state index contributed by atoms with van der Waals surface area (Å²) in [5.74, 6) is 0.183. The molecule has 4 aromatic rings. The zero-order valence-corrected chi connectivity index (χ0v) is 13.4. The number of aromatic amines is 1. The Morgan fingerprint density at radius 2 is 2.09 bits per heavy atom. The first-order chi connectivity index (χ1) is 10.5. The van der Waals surface area contributed by atoms with Gasteiger partial charge in [-0.25, -0.2) is 14.8 Å². The molecule has 0 fully saturated rings. The van der Waals surface area contributed by atoms with E-state index in [0.29, 0.717) is 16.9 Å². The fraction of sp³-hybridized carbons (Fsp3) is 0.133. The Bertz CT molecular complexity index is 1090. The average molecular weight is 359 g/mol. The first-order valence-corrected chi connectivity index (χ1v) is 7.47. The summed E-state index contributed by atoms with van der Waals surface area (Å²) in [4.78, 5) is 22.9. The molecule has 0 aliphatic carbocycles. The highest BCUT2D eigenvalue weighted by atomic mass is 79.9. The highest BCUT2D eigenvalue weighted by Gasteiger charge is 2.12. The van der Waals surface area contributed by atoms with E-state index in [9.17, 15) is 4.79 Å². The first-order valence-electron chi connectivity index (χ1n) is 6.68. The van der Waals surface area contributed by atoms with Gasteiger partial charge in [0.05, 0.1) is 21.4 Å². The molecule has 0 spiro atoms. The molecule has 1 N–H and O–H groups in total. The van der Waals surface area contributed by atoms with Crippen molar-refractivity contribution < 1.29 is 4.42 Å². The van der Waals surface area contributed by atoms with Gasteiger partial charge in [0.25, 0.3) is 0 Å². The first kappa shape index (κ1) is 13.3. The van der Waals surface area contributed by atoms with Gasteiger partial charge in [0.15, 0.2) is 5.58 Å². The van der Waals surface area contributed by atoms with Crippen molar-refractivity contribution in [3.8, 4) is 11.3 Å². The lowest BCUT2D eigenvalue weighted by molar-refractivity contribution is 0.555. The summed E-state index contributed by atoms with van der Waals surface area (Å²) >= 11 is 3.54. The summed E-state index contributed by atoms with van der Waals surface area (Å²) in [7, 11) is 0. The van der Waals surface area contributed by atoms with Gasteiger partial charge in [0, 0.05) is 17.5 Å². The van der Waals surface area contributed by atoms with Crippen LogP contribution in [0.15, 0.2) is 38.1 Å². The van der Waals surface area contributed by atoms with E-state index in [1.54, 1.807) is 12.1 Å². The minimum Gasteiger partial charge on any atom is -0.408 e. The molecule has 4 rings (SSSR count). The van der Waals surface area contributed by atoms with Crippen LogP contribution in [-0.2, 0) is 0 Å². The summed E-state index contributed by atoms with van der Waals surface area (Å²) in [6, 6.07) is 5.50. The van der Waals surface area contributed by atoms with Crippen molar-refractivity contribution in [3.63, 3.8) is 0 Å². The Labute approximate surface area is 133 Å². The van der Waals surface area contributed by atoms with E-state index in [2.05, 4.69) is 30.9 Å². The molecule has 7 heteroatoms. The van der Waals surface area contributed by atoms with Crippen LogP contribution in [-0.4, -0.2) is 19.4 Å². The molecule has 22 heavy (non-hydrogen) atoms. The van der Waals surface area contributed by atoms with Gasteiger partial charge in [0.1, 0.15) is 0 Å². The van der Waals surface area contributed by atoms with E-state index >= 15 is 0 Å². The number of hydrogen-bond acceptors (Lipinski definition) is 4. The highest BCUT2D eigenvalue weighted by molar-refractivity contribution is 9.10. The second-order valence-corrected chi connectivity index (χ2v) is 5.91. The minimum absolute atomic E-state index is 0.459. The molecule has 0 bridgehead atoms. The van der Waals surface area contributed by atoms with Crippen LogP contribution in [0.4, 0.5) is 0 Å². The molecule has 0 radical (unpaired) electrons. The molecule has 3 heterocycles. The molecule has 0 atom stereocenters. The standard InChI is InChI=1S/C15H11BrN4O2/c1-7-13(16)8(2)20-6-11(18-14(20)17-7)9-3-4-10-12(5-9)22-15(21)19-10/h3-6H,1-2H3,(H,19,21). The van der Waals surface area contributed by atoms with Crippen molar-refractivity contribution in [2.75, 3.05) is 0 Å². The summed E-state index contributed by atoms with van der Waals surface area (Å²) in [5.41, 5.74) is 4.77. The van der Waals surface area contributed by atoms with Gasteiger partial charge >= 0.3 is 5.76 Å². The highest BCUT2D eigenvalue weighted by Crippen LogP contribution is 2.26. The van der Waals surface area contributed by atoms with E-state index in [1.807, 2.05) is 30.5 Å². The van der Waals surface area contributed by atoms with Crippen LogP contribution in [0.5, 0.6) is 0 Å². The maximum absolute atomic E-state index is 11.2. The van der Waals surface area contributed by atoms with E-state index < -0.39 is 5.76 Å². The molecule has 110 valence electrons. The average Bonchev–Trinajstić information content (AvgIpc) is 3.06. The number of benzene rings is 1. The number of aromatic nitrogens is 4. The van der Waals surface area contributed by atoms with Crippen molar-refractivity contribution >= 4 is 32.8 Å². The smallest absolute Gasteiger partial charge is 0.408 e. The van der Waals surface area contributed by atoms with Crippen molar-refractivity contribution in [1.82, 2.24) is 19.4 Å². The van der Waals surface area contributed by atoms with Crippen LogP contribution in [0, 0.1) is 13.8 Å². The SMILES string of the molecule is Cc1nc2nc(-c3ccc4[nH]c(=O)oc4c3)cn2c(C)c1Br. The predicted octanol–water partition coefficient (Wildman–Crippen LogP) is 3.21. The van der Waals surface area contributed by atoms with E-state index in [1.165, 1.54) is 0 Å². The van der Waals surface area contributed by atoms with Crippen LogP contribution >= 0.6 is 15.9 Å².